The number of hydrogen-bond donors (Lipinski definition) is 0. The van der Waals surface area contributed by atoms with Gasteiger partial charge in [0.05, 0.1) is 0 Å². The molecule has 1 aliphatic heterocycles. The summed E-state index contributed by atoms with van der Waals surface area (Å²) in [6.45, 7) is 6.98. The Labute approximate surface area is 218 Å². The first-order valence-corrected chi connectivity index (χ1v) is 20.8. The second-order valence-corrected chi connectivity index (χ2v) is 23.7. The molecule has 2 heterocycles. The van der Waals surface area contributed by atoms with Crippen LogP contribution in [0, 0.1) is 0 Å². The van der Waals surface area contributed by atoms with Crippen molar-refractivity contribution in [2.24, 2.45) is 7.05 Å². The molecule has 0 saturated carbocycles. The summed E-state index contributed by atoms with van der Waals surface area (Å²) in [6.07, 6.45) is 2.15. The molecule has 3 heteroatoms. The Kier molecular flexibility index (Phi) is 4.92. The Morgan fingerprint density at radius 2 is 1.71 bits per heavy atom. The Morgan fingerprint density at radius 3 is 2.40 bits per heavy atom. The molecule has 6 rings (SSSR count). The summed E-state index contributed by atoms with van der Waals surface area (Å²) in [7, 11) is 2.16. The van der Waals surface area contributed by atoms with E-state index in [9.17, 15) is 1.37 Å². The van der Waals surface area contributed by atoms with E-state index in [1.165, 1.54) is 48.0 Å². The molecule has 1 nitrogen and oxygen atoms in total. The van der Waals surface area contributed by atoms with Crippen LogP contribution in [0.25, 0.3) is 33.7 Å². The van der Waals surface area contributed by atoms with E-state index in [4.69, 9.17) is 0 Å². The summed E-state index contributed by atoms with van der Waals surface area (Å²) in [5, 5.41) is 2.64. The summed E-state index contributed by atoms with van der Waals surface area (Å²) in [5.74, 6) is 7.72. The molecule has 0 amide bonds. The van der Waals surface area contributed by atoms with Crippen molar-refractivity contribution in [2.75, 3.05) is 0 Å². The van der Waals surface area contributed by atoms with Gasteiger partial charge in [0, 0.05) is 0 Å². The topological polar surface area (TPSA) is 3.88 Å². The van der Waals surface area contributed by atoms with Gasteiger partial charge in [0.25, 0.3) is 0 Å². The van der Waals surface area contributed by atoms with Gasteiger partial charge in [0.15, 0.2) is 0 Å². The van der Waals surface area contributed by atoms with Crippen LogP contribution in [0.5, 0.6) is 0 Å². The molecule has 0 fully saturated rings. The minimum atomic E-state index is -1.91. The zero-order chi connectivity index (χ0) is 25.6. The molecule has 0 saturated heterocycles. The average molecular weight is 538 g/mol. The van der Waals surface area contributed by atoms with Crippen molar-refractivity contribution < 1.29 is 5.94 Å². The first-order valence-electron chi connectivity index (χ1n) is 13.1. The van der Waals surface area contributed by atoms with Gasteiger partial charge in [-0.15, -0.1) is 0 Å². The maximum atomic E-state index is 9.40. The van der Waals surface area contributed by atoms with E-state index in [0.29, 0.717) is 12.0 Å². The van der Waals surface area contributed by atoms with E-state index in [1.807, 2.05) is 11.8 Å². The molecule has 3 aromatic carbocycles. The number of hydrogen-bond acceptors (Lipinski definition) is 1. The van der Waals surface area contributed by atoms with E-state index in [0.717, 1.165) is 11.1 Å². The predicted molar refractivity (Wildman–Crippen MR) is 155 cm³/mol. The number of rotatable bonds is 3. The molecule has 1 aromatic heterocycles. The van der Waals surface area contributed by atoms with Crippen LogP contribution >= 0.6 is 11.8 Å². The van der Waals surface area contributed by atoms with Crippen LogP contribution in [-0.4, -0.2) is 13.3 Å². The van der Waals surface area contributed by atoms with Crippen molar-refractivity contribution in [3.8, 4) is 11.3 Å². The van der Waals surface area contributed by atoms with Crippen molar-refractivity contribution >= 4 is 51.8 Å². The van der Waals surface area contributed by atoms with E-state index < -0.39 is 13.3 Å². The summed E-state index contributed by atoms with van der Waals surface area (Å²) in [5.41, 5.74) is 8.71. The van der Waals surface area contributed by atoms with E-state index >= 15 is 0 Å². The Bertz CT molecular complexity index is 1590. The van der Waals surface area contributed by atoms with Gasteiger partial charge in [-0.05, 0) is 0 Å². The Morgan fingerprint density at radius 1 is 1.00 bits per heavy atom. The number of thioether (sulfide) groups is 1. The van der Waals surface area contributed by atoms with Gasteiger partial charge in [-0.25, -0.2) is 0 Å². The third-order valence-electron chi connectivity index (χ3n) is 7.76. The fraction of sp³-hybridized carbons (Fsp3) is 0.281. The van der Waals surface area contributed by atoms with Gasteiger partial charge in [-0.1, -0.05) is 6.07 Å². The summed E-state index contributed by atoms with van der Waals surface area (Å²) < 4.78 is 12.9. The SMILES string of the molecule is [2H]C1=C(c2cc[c]([Ge]([CH3])([CH3])[CH3])cc2)C2(C)Sc3c(cc4ccccc4c3C(C)C)-c3c2c1cc[n+]3C. The van der Waals surface area contributed by atoms with Gasteiger partial charge in [0.2, 0.25) is 0 Å². The number of aryl methyl sites for hydroxylation is 1. The Hall–Kier alpha value is -2.30. The fourth-order valence-electron chi connectivity index (χ4n) is 5.95. The molecule has 176 valence electrons. The molecular weight excluding hydrogens is 503 g/mol. The van der Waals surface area contributed by atoms with Gasteiger partial charge in [-0.2, -0.15) is 0 Å². The number of fused-ring (bicyclic) bond motifs is 3. The fourth-order valence-corrected chi connectivity index (χ4v) is 10.1. The molecule has 1 aliphatic carbocycles. The third kappa shape index (κ3) is 3.40. The molecule has 35 heavy (non-hydrogen) atoms. The molecule has 0 radical (unpaired) electrons. The first-order chi connectivity index (χ1) is 17.0. The van der Waals surface area contributed by atoms with Crippen LogP contribution in [-0.2, 0) is 11.8 Å². The van der Waals surface area contributed by atoms with E-state index in [2.05, 4.69) is 117 Å². The third-order valence-corrected chi connectivity index (χ3v) is 13.5. The monoisotopic (exact) mass is 539 g/mol. The van der Waals surface area contributed by atoms with Gasteiger partial charge >= 0.3 is 213 Å². The van der Waals surface area contributed by atoms with Crippen molar-refractivity contribution in [3.63, 3.8) is 0 Å². The van der Waals surface area contributed by atoms with E-state index in [-0.39, 0.29) is 4.75 Å². The van der Waals surface area contributed by atoms with Crippen molar-refractivity contribution in [3.05, 3.63) is 89.1 Å². The molecule has 4 aromatic rings. The molecule has 1 unspecified atom stereocenters. The van der Waals surface area contributed by atoms with Crippen LogP contribution < -0.4 is 8.96 Å². The first kappa shape index (κ1) is 21.9. The number of aromatic nitrogens is 1. The molecule has 0 bridgehead atoms. The zero-order valence-corrected chi connectivity index (χ0v) is 24.7. The van der Waals surface area contributed by atoms with Crippen LogP contribution in [0.3, 0.4) is 0 Å². The molecular formula is C32H34GeNS+. The van der Waals surface area contributed by atoms with Crippen molar-refractivity contribution in [1.82, 2.24) is 0 Å². The van der Waals surface area contributed by atoms with Crippen molar-refractivity contribution in [2.45, 2.75) is 53.6 Å². The van der Waals surface area contributed by atoms with Crippen LogP contribution in [0.2, 0.25) is 17.3 Å². The summed E-state index contributed by atoms with van der Waals surface area (Å²) in [6, 6.07) is 23.3. The standard InChI is InChI=1S/C32H34GeNS/c1-20(2)28-25-11-9-8-10-22(25)18-26-30-29-23(16-17-34(30)7)19-27(32(29,3)35-31(26)28)21-12-14-24(15-13-21)33(4,5)6/h8-20H,1-7H3/q+1/i19D. The van der Waals surface area contributed by atoms with E-state index in [1.54, 1.807) is 0 Å². The predicted octanol–water partition coefficient (Wildman–Crippen LogP) is 7.88. The molecule has 0 spiro atoms. The van der Waals surface area contributed by atoms with Gasteiger partial charge < -0.3 is 0 Å². The van der Waals surface area contributed by atoms with Crippen LogP contribution in [0.4, 0.5) is 0 Å². The zero-order valence-electron chi connectivity index (χ0n) is 22.8. The Balaban J connectivity index is 1.65. The minimum absolute atomic E-state index is 0.315. The number of benzene rings is 3. The van der Waals surface area contributed by atoms with Gasteiger partial charge in [0.1, 0.15) is 0 Å². The molecule has 1 atom stereocenters. The number of pyridine rings is 1. The average Bonchev–Trinajstić information content (AvgIpc) is 3.04. The molecule has 2 aliphatic rings. The second-order valence-electron chi connectivity index (χ2n) is 11.6. The van der Waals surface area contributed by atoms with Gasteiger partial charge in [-0.3, -0.25) is 0 Å². The van der Waals surface area contributed by atoms with Crippen molar-refractivity contribution in [1.29, 1.82) is 0 Å². The second kappa shape index (κ2) is 7.85. The number of nitrogens with zero attached hydrogens (tertiary/aromatic N) is 1. The summed E-state index contributed by atoms with van der Waals surface area (Å²) >= 11 is 0.0561. The summed E-state index contributed by atoms with van der Waals surface area (Å²) in [4.78, 5) is 1.37. The maximum absolute atomic E-state index is 9.40. The van der Waals surface area contributed by atoms with Crippen LogP contribution in [0.15, 0.2) is 71.8 Å². The normalized spacial score (nSPS) is 19.3. The molecule has 0 N–H and O–H groups in total. The van der Waals surface area contributed by atoms with Crippen LogP contribution in [0.1, 0.15) is 50.3 Å². The quantitative estimate of drug-likeness (QED) is 0.190.